The van der Waals surface area contributed by atoms with Gasteiger partial charge in [-0.1, -0.05) is 48.0 Å². The van der Waals surface area contributed by atoms with E-state index in [2.05, 4.69) is 15.4 Å². The van der Waals surface area contributed by atoms with Crippen LogP contribution in [0.25, 0.3) is 0 Å². The largest absolute Gasteiger partial charge is 0.468 e. The van der Waals surface area contributed by atoms with Crippen molar-refractivity contribution in [2.75, 3.05) is 13.7 Å². The number of carbonyl (C=O) groups excluding carboxylic acids is 2. The highest BCUT2D eigenvalue weighted by molar-refractivity contribution is 7.89. The van der Waals surface area contributed by atoms with Gasteiger partial charge in [0.1, 0.15) is 6.04 Å². The van der Waals surface area contributed by atoms with Crippen LogP contribution in [0, 0.1) is 6.92 Å². The lowest BCUT2D eigenvalue weighted by atomic mass is 9.99. The molecule has 3 atom stereocenters. The number of benzene rings is 2. The van der Waals surface area contributed by atoms with Crippen LogP contribution in [-0.4, -0.2) is 46.0 Å². The van der Waals surface area contributed by atoms with Crippen LogP contribution in [0.4, 0.5) is 0 Å². The van der Waals surface area contributed by atoms with E-state index in [9.17, 15) is 18.0 Å². The molecule has 1 fully saturated rings. The van der Waals surface area contributed by atoms with E-state index in [1.807, 2.05) is 6.92 Å². The smallest absolute Gasteiger partial charge is 0.326 e. The molecule has 0 bridgehead atoms. The zero-order chi connectivity index (χ0) is 22.4. The second-order valence-corrected chi connectivity index (χ2v) is 9.20. The van der Waals surface area contributed by atoms with Crippen molar-refractivity contribution < 1.29 is 22.7 Å². The molecule has 1 heterocycles. The number of hydrogen-bond donors (Lipinski definition) is 3. The first-order valence-corrected chi connectivity index (χ1v) is 11.6. The number of methoxy groups -OCH3 is 1. The van der Waals surface area contributed by atoms with Crippen LogP contribution >= 0.6 is 0 Å². The molecule has 0 aromatic heterocycles. The van der Waals surface area contributed by atoms with Crippen LogP contribution in [0.3, 0.4) is 0 Å². The summed E-state index contributed by atoms with van der Waals surface area (Å²) in [5.41, 5.74) is 1.48. The third kappa shape index (κ3) is 5.69. The average molecular weight is 446 g/mol. The predicted octanol–water partition coefficient (Wildman–Crippen LogP) is 1.42. The van der Waals surface area contributed by atoms with Gasteiger partial charge in [0.25, 0.3) is 0 Å². The van der Waals surface area contributed by atoms with E-state index < -0.39 is 34.1 Å². The minimum atomic E-state index is -4.06. The Morgan fingerprint density at radius 3 is 2.35 bits per heavy atom. The molecule has 1 aliphatic rings. The van der Waals surface area contributed by atoms with E-state index in [-0.39, 0.29) is 10.8 Å². The molecule has 1 saturated heterocycles. The molecule has 166 valence electrons. The summed E-state index contributed by atoms with van der Waals surface area (Å²) in [5, 5.41) is 5.95. The van der Waals surface area contributed by atoms with Crippen molar-refractivity contribution in [3.63, 3.8) is 0 Å². The lowest BCUT2D eigenvalue weighted by Crippen LogP contribution is -2.53. The maximum absolute atomic E-state index is 13.0. The molecule has 3 rings (SSSR count). The Balaban J connectivity index is 1.95. The predicted molar refractivity (Wildman–Crippen MR) is 116 cm³/mol. The molecular weight excluding hydrogens is 418 g/mol. The molecule has 31 heavy (non-hydrogen) atoms. The lowest BCUT2D eigenvalue weighted by molar-refractivity contribution is -0.143. The average Bonchev–Trinajstić information content (AvgIpc) is 3.31. The lowest BCUT2D eigenvalue weighted by Gasteiger charge is -2.28. The summed E-state index contributed by atoms with van der Waals surface area (Å²) in [6, 6.07) is 12.3. The summed E-state index contributed by atoms with van der Waals surface area (Å²) >= 11 is 0. The Labute approximate surface area is 182 Å². The number of carbonyl (C=O) groups is 2. The second-order valence-electron chi connectivity index (χ2n) is 7.48. The van der Waals surface area contributed by atoms with E-state index in [0.29, 0.717) is 12.0 Å². The second kappa shape index (κ2) is 10.0. The molecule has 1 amide bonds. The first-order chi connectivity index (χ1) is 14.8. The van der Waals surface area contributed by atoms with Crippen LogP contribution in [0.1, 0.15) is 30.0 Å². The van der Waals surface area contributed by atoms with E-state index in [4.69, 9.17) is 4.74 Å². The molecule has 0 spiro atoms. The molecule has 0 aliphatic carbocycles. The molecule has 1 aliphatic heterocycles. The summed E-state index contributed by atoms with van der Waals surface area (Å²) in [5.74, 6) is -1.10. The summed E-state index contributed by atoms with van der Waals surface area (Å²) in [6.45, 7) is 2.58. The van der Waals surface area contributed by atoms with Gasteiger partial charge in [0.15, 0.2) is 0 Å². The molecule has 9 heteroatoms. The van der Waals surface area contributed by atoms with Crippen molar-refractivity contribution in [2.24, 2.45) is 0 Å². The highest BCUT2D eigenvalue weighted by Gasteiger charge is 2.37. The van der Waals surface area contributed by atoms with Gasteiger partial charge in [-0.05, 0) is 44.0 Å². The first-order valence-electron chi connectivity index (χ1n) is 10.1. The van der Waals surface area contributed by atoms with Gasteiger partial charge in [0.05, 0.1) is 24.1 Å². The van der Waals surface area contributed by atoms with Crippen molar-refractivity contribution in [1.29, 1.82) is 0 Å². The Morgan fingerprint density at radius 1 is 1.10 bits per heavy atom. The maximum Gasteiger partial charge on any atom is 0.326 e. The first kappa shape index (κ1) is 22.9. The fourth-order valence-corrected chi connectivity index (χ4v) is 4.71. The topological polar surface area (TPSA) is 114 Å². The molecule has 3 N–H and O–H groups in total. The summed E-state index contributed by atoms with van der Waals surface area (Å²) in [7, 11) is -2.88. The number of nitrogens with one attached hydrogen (secondary N) is 3. The third-order valence-corrected chi connectivity index (χ3v) is 6.69. The van der Waals surface area contributed by atoms with Gasteiger partial charge >= 0.3 is 5.97 Å². The minimum absolute atomic E-state index is 0.0163. The molecular formula is C22H27N3O5S. The van der Waals surface area contributed by atoms with Gasteiger partial charge in [-0.2, -0.15) is 4.72 Å². The van der Waals surface area contributed by atoms with E-state index in [0.717, 1.165) is 18.5 Å². The van der Waals surface area contributed by atoms with Crippen molar-refractivity contribution in [1.82, 2.24) is 15.4 Å². The zero-order valence-corrected chi connectivity index (χ0v) is 18.3. The molecule has 0 radical (unpaired) electrons. The van der Waals surface area contributed by atoms with E-state index >= 15 is 0 Å². The number of rotatable bonds is 8. The number of amides is 1. The van der Waals surface area contributed by atoms with E-state index in [1.54, 1.807) is 42.5 Å². The fourth-order valence-electron chi connectivity index (χ4n) is 3.51. The third-order valence-electron chi connectivity index (χ3n) is 5.24. The number of ether oxygens (including phenoxy) is 1. The van der Waals surface area contributed by atoms with Gasteiger partial charge in [0, 0.05) is 0 Å². The van der Waals surface area contributed by atoms with E-state index in [1.165, 1.54) is 19.2 Å². The molecule has 0 unspecified atom stereocenters. The van der Waals surface area contributed by atoms with Crippen LogP contribution in [0.2, 0.25) is 0 Å². The van der Waals surface area contributed by atoms with Crippen LogP contribution in [0.5, 0.6) is 0 Å². The van der Waals surface area contributed by atoms with Crippen molar-refractivity contribution >= 4 is 21.9 Å². The summed E-state index contributed by atoms with van der Waals surface area (Å²) in [6.07, 6.45) is 1.54. The minimum Gasteiger partial charge on any atom is -0.468 e. The van der Waals surface area contributed by atoms with Gasteiger partial charge in [-0.3, -0.25) is 9.59 Å². The number of aryl methyl sites for hydroxylation is 1. The van der Waals surface area contributed by atoms with Gasteiger partial charge in [-0.25, -0.2) is 8.42 Å². The fraction of sp³-hybridized carbons (Fsp3) is 0.364. The Morgan fingerprint density at radius 2 is 1.77 bits per heavy atom. The Bertz CT molecular complexity index is 1000. The number of sulfonamides is 1. The Kier molecular flexibility index (Phi) is 7.42. The number of hydrogen-bond acceptors (Lipinski definition) is 6. The maximum atomic E-state index is 13.0. The Hall–Kier alpha value is -2.75. The summed E-state index contributed by atoms with van der Waals surface area (Å²) < 4.78 is 33.3. The normalized spacial score (nSPS) is 18.2. The zero-order valence-electron chi connectivity index (χ0n) is 17.5. The molecule has 2 aromatic rings. The number of esters is 1. The van der Waals surface area contributed by atoms with Crippen LogP contribution in [-0.2, 0) is 24.3 Å². The quantitative estimate of drug-likeness (QED) is 0.530. The molecule has 2 aromatic carbocycles. The van der Waals surface area contributed by atoms with Gasteiger partial charge < -0.3 is 15.4 Å². The van der Waals surface area contributed by atoms with Crippen LogP contribution < -0.4 is 15.4 Å². The van der Waals surface area contributed by atoms with Crippen molar-refractivity contribution in [3.05, 3.63) is 65.7 Å². The van der Waals surface area contributed by atoms with Gasteiger partial charge in [-0.15, -0.1) is 0 Å². The monoisotopic (exact) mass is 445 g/mol. The van der Waals surface area contributed by atoms with Crippen LogP contribution in [0.15, 0.2) is 59.5 Å². The highest BCUT2D eigenvalue weighted by atomic mass is 32.2. The highest BCUT2D eigenvalue weighted by Crippen LogP contribution is 2.22. The summed E-state index contributed by atoms with van der Waals surface area (Å²) in [4.78, 5) is 25.5. The van der Waals surface area contributed by atoms with Crippen molar-refractivity contribution in [2.45, 2.75) is 42.8 Å². The molecule has 0 saturated carbocycles. The van der Waals surface area contributed by atoms with Gasteiger partial charge in [0.2, 0.25) is 15.9 Å². The molecule has 8 nitrogen and oxygen atoms in total. The standard InChI is InChI=1S/C22H27N3O5S/c1-15-10-12-17(13-11-15)31(28,29)25-20(22(27)30-2)19(16-7-4-3-5-8-16)24-21(26)18-9-6-14-23-18/h3-5,7-8,10-13,18-20,23,25H,6,9,14H2,1-2H3,(H,24,26)/t18-,19-,20-/m0/s1. The SMILES string of the molecule is COC(=O)[C@@H](NS(=O)(=O)c1ccc(C)cc1)[C@@H](NC(=O)[C@@H]1CCCN1)c1ccccc1. The van der Waals surface area contributed by atoms with Crippen molar-refractivity contribution in [3.8, 4) is 0 Å².